The number of imide groups is 1. The Bertz CT molecular complexity index is 1190. The summed E-state index contributed by atoms with van der Waals surface area (Å²) in [5.74, 6) is -1.08. The highest BCUT2D eigenvalue weighted by Gasteiger charge is 2.39. The molecule has 188 valence electrons. The summed E-state index contributed by atoms with van der Waals surface area (Å²) < 4.78 is 5.40. The summed E-state index contributed by atoms with van der Waals surface area (Å²) in [5, 5.41) is 5.29. The molecule has 2 aromatic rings. The molecule has 2 aromatic carbocycles. The van der Waals surface area contributed by atoms with Crippen molar-refractivity contribution in [2.75, 3.05) is 32.8 Å². The number of morpholine rings is 1. The standard InChI is InChI=1S/C27H30N4O5/c32-24-7-6-23(26(34)29-24)31-17-21-15-19(4-5-22(21)27(31)35)16-28-25(33)20-3-1-2-18(14-20)8-9-30-10-12-36-13-11-30/h1-5,14-15,23H,6-13,16-17H2,(H,28,33)(H,29,32,34). The average Bonchev–Trinajstić information content (AvgIpc) is 3.22. The molecule has 9 heteroatoms. The minimum Gasteiger partial charge on any atom is -0.379 e. The van der Waals surface area contributed by atoms with Crippen LogP contribution < -0.4 is 10.6 Å². The number of fused-ring (bicyclic) bond motifs is 1. The molecule has 0 radical (unpaired) electrons. The van der Waals surface area contributed by atoms with E-state index in [0.717, 1.165) is 56.0 Å². The van der Waals surface area contributed by atoms with Crippen molar-refractivity contribution in [2.45, 2.75) is 38.4 Å². The number of amides is 4. The zero-order chi connectivity index (χ0) is 25.1. The third kappa shape index (κ3) is 5.32. The van der Waals surface area contributed by atoms with Gasteiger partial charge in [0.05, 0.1) is 13.2 Å². The van der Waals surface area contributed by atoms with E-state index in [2.05, 4.69) is 15.5 Å². The number of benzene rings is 2. The largest absolute Gasteiger partial charge is 0.379 e. The van der Waals surface area contributed by atoms with Gasteiger partial charge >= 0.3 is 0 Å². The molecule has 3 aliphatic rings. The van der Waals surface area contributed by atoms with Crippen LogP contribution in [0.1, 0.15) is 50.2 Å². The summed E-state index contributed by atoms with van der Waals surface area (Å²) in [7, 11) is 0. The molecular weight excluding hydrogens is 460 g/mol. The third-order valence-corrected chi connectivity index (χ3v) is 7.05. The Hall–Kier alpha value is -3.56. The van der Waals surface area contributed by atoms with Gasteiger partial charge in [0.2, 0.25) is 11.8 Å². The summed E-state index contributed by atoms with van der Waals surface area (Å²) in [6, 6.07) is 12.5. The Morgan fingerprint density at radius 3 is 2.69 bits per heavy atom. The minimum absolute atomic E-state index is 0.148. The van der Waals surface area contributed by atoms with Crippen molar-refractivity contribution >= 4 is 23.6 Å². The van der Waals surface area contributed by atoms with E-state index in [1.807, 2.05) is 36.4 Å². The van der Waals surface area contributed by atoms with Gasteiger partial charge in [-0.2, -0.15) is 0 Å². The van der Waals surface area contributed by atoms with Crippen LogP contribution in [-0.2, 0) is 33.8 Å². The molecule has 2 fully saturated rings. The Balaban J connectivity index is 1.17. The van der Waals surface area contributed by atoms with E-state index >= 15 is 0 Å². The number of nitrogens with one attached hydrogen (secondary N) is 2. The number of rotatable bonds is 7. The highest BCUT2D eigenvalue weighted by molar-refractivity contribution is 6.05. The second-order valence-electron chi connectivity index (χ2n) is 9.48. The van der Waals surface area contributed by atoms with E-state index in [9.17, 15) is 19.2 Å². The molecule has 0 saturated carbocycles. The van der Waals surface area contributed by atoms with Crippen molar-refractivity contribution in [3.8, 4) is 0 Å². The maximum absolute atomic E-state index is 12.9. The van der Waals surface area contributed by atoms with Gasteiger partial charge in [-0.05, 0) is 47.7 Å². The summed E-state index contributed by atoms with van der Waals surface area (Å²) in [6.45, 7) is 5.01. The minimum atomic E-state index is -0.638. The van der Waals surface area contributed by atoms with Crippen LogP contribution in [0.15, 0.2) is 42.5 Å². The number of nitrogens with zero attached hydrogens (tertiary/aromatic N) is 2. The van der Waals surface area contributed by atoms with Gasteiger partial charge in [0.25, 0.3) is 11.8 Å². The number of hydrogen-bond acceptors (Lipinski definition) is 6. The lowest BCUT2D eigenvalue weighted by Gasteiger charge is -2.29. The van der Waals surface area contributed by atoms with Crippen LogP contribution in [0.25, 0.3) is 0 Å². The highest BCUT2D eigenvalue weighted by Crippen LogP contribution is 2.28. The van der Waals surface area contributed by atoms with Crippen molar-refractivity contribution in [1.29, 1.82) is 0 Å². The van der Waals surface area contributed by atoms with Crippen LogP contribution in [0.4, 0.5) is 0 Å². The van der Waals surface area contributed by atoms with Crippen molar-refractivity contribution in [1.82, 2.24) is 20.4 Å². The number of carbonyl (C=O) groups is 4. The first kappa shape index (κ1) is 24.1. The van der Waals surface area contributed by atoms with Gasteiger partial charge in [0, 0.05) is 50.3 Å². The van der Waals surface area contributed by atoms with Gasteiger partial charge in [0.1, 0.15) is 6.04 Å². The first-order valence-electron chi connectivity index (χ1n) is 12.4. The van der Waals surface area contributed by atoms with Gasteiger partial charge in [0.15, 0.2) is 0 Å². The molecule has 0 bridgehead atoms. The first-order chi connectivity index (χ1) is 17.5. The van der Waals surface area contributed by atoms with Gasteiger partial charge in [-0.15, -0.1) is 0 Å². The number of ether oxygens (including phenoxy) is 1. The van der Waals surface area contributed by atoms with Crippen LogP contribution >= 0.6 is 0 Å². The lowest BCUT2D eigenvalue weighted by atomic mass is 10.0. The van der Waals surface area contributed by atoms with Crippen LogP contribution in [-0.4, -0.2) is 72.3 Å². The monoisotopic (exact) mass is 490 g/mol. The fourth-order valence-electron chi connectivity index (χ4n) is 5.00. The molecule has 36 heavy (non-hydrogen) atoms. The van der Waals surface area contributed by atoms with Crippen molar-refractivity contribution in [3.05, 3.63) is 70.3 Å². The Morgan fingerprint density at radius 1 is 1.06 bits per heavy atom. The van der Waals surface area contributed by atoms with Gasteiger partial charge < -0.3 is 15.0 Å². The molecule has 0 spiro atoms. The molecule has 9 nitrogen and oxygen atoms in total. The number of hydrogen-bond donors (Lipinski definition) is 2. The molecular formula is C27H30N4O5. The predicted molar refractivity (Wildman–Crippen MR) is 131 cm³/mol. The Morgan fingerprint density at radius 2 is 1.89 bits per heavy atom. The van der Waals surface area contributed by atoms with Gasteiger partial charge in [-0.1, -0.05) is 24.3 Å². The molecule has 5 rings (SSSR count). The van der Waals surface area contributed by atoms with E-state index in [1.165, 1.54) is 4.90 Å². The fraction of sp³-hybridized carbons (Fsp3) is 0.407. The normalized spacial score (nSPS) is 20.3. The highest BCUT2D eigenvalue weighted by atomic mass is 16.5. The van der Waals surface area contributed by atoms with Gasteiger partial charge in [-0.25, -0.2) is 0 Å². The van der Waals surface area contributed by atoms with Crippen LogP contribution in [0.3, 0.4) is 0 Å². The smallest absolute Gasteiger partial charge is 0.255 e. The molecule has 0 aromatic heterocycles. The Kier molecular flexibility index (Phi) is 7.11. The fourth-order valence-corrected chi connectivity index (χ4v) is 5.00. The zero-order valence-electron chi connectivity index (χ0n) is 20.1. The Labute approximate surface area is 209 Å². The summed E-state index contributed by atoms with van der Waals surface area (Å²) >= 11 is 0. The molecule has 3 aliphatic heterocycles. The van der Waals surface area contributed by atoms with E-state index in [0.29, 0.717) is 30.6 Å². The second-order valence-corrected chi connectivity index (χ2v) is 9.48. The predicted octanol–water partition coefficient (Wildman–Crippen LogP) is 1.25. The topological polar surface area (TPSA) is 108 Å². The van der Waals surface area contributed by atoms with Gasteiger partial charge in [-0.3, -0.25) is 29.4 Å². The van der Waals surface area contributed by atoms with E-state index < -0.39 is 11.9 Å². The maximum Gasteiger partial charge on any atom is 0.255 e. The van der Waals surface area contributed by atoms with Crippen molar-refractivity contribution in [3.63, 3.8) is 0 Å². The summed E-state index contributed by atoms with van der Waals surface area (Å²) in [4.78, 5) is 53.2. The molecule has 1 atom stereocenters. The first-order valence-corrected chi connectivity index (χ1v) is 12.4. The third-order valence-electron chi connectivity index (χ3n) is 7.05. The molecule has 4 amide bonds. The number of carbonyl (C=O) groups excluding carboxylic acids is 4. The van der Waals surface area contributed by atoms with E-state index in [-0.39, 0.29) is 24.1 Å². The van der Waals surface area contributed by atoms with Crippen LogP contribution in [0, 0.1) is 0 Å². The lowest BCUT2D eigenvalue weighted by molar-refractivity contribution is -0.136. The molecule has 1 unspecified atom stereocenters. The summed E-state index contributed by atoms with van der Waals surface area (Å²) in [6.07, 6.45) is 1.44. The lowest BCUT2D eigenvalue weighted by Crippen LogP contribution is -2.52. The van der Waals surface area contributed by atoms with Crippen molar-refractivity contribution < 1.29 is 23.9 Å². The molecule has 2 N–H and O–H groups in total. The van der Waals surface area contributed by atoms with E-state index in [4.69, 9.17) is 4.74 Å². The van der Waals surface area contributed by atoms with Crippen LogP contribution in [0.5, 0.6) is 0 Å². The van der Waals surface area contributed by atoms with E-state index in [1.54, 1.807) is 6.07 Å². The number of piperidine rings is 1. The van der Waals surface area contributed by atoms with Crippen molar-refractivity contribution in [2.24, 2.45) is 0 Å². The molecule has 3 heterocycles. The second kappa shape index (κ2) is 10.6. The molecule has 0 aliphatic carbocycles. The maximum atomic E-state index is 12.9. The average molecular weight is 491 g/mol. The zero-order valence-corrected chi connectivity index (χ0v) is 20.1. The molecule has 2 saturated heterocycles. The van der Waals surface area contributed by atoms with Crippen LogP contribution in [0.2, 0.25) is 0 Å². The summed E-state index contributed by atoms with van der Waals surface area (Å²) in [5.41, 5.74) is 4.00. The quantitative estimate of drug-likeness (QED) is 0.566. The SMILES string of the molecule is O=C1CCC(N2Cc3cc(CNC(=O)c4cccc(CCN5CCOCC5)c4)ccc3C2=O)C(=O)N1.